The molecule has 2 aromatic rings. The zero-order valence-electron chi connectivity index (χ0n) is 13.2. The maximum atomic E-state index is 12.0. The summed E-state index contributed by atoms with van der Waals surface area (Å²) in [5.41, 5.74) is 7.01. The summed E-state index contributed by atoms with van der Waals surface area (Å²) in [7, 11) is 0. The summed E-state index contributed by atoms with van der Waals surface area (Å²) in [4.78, 5) is 23.9. The lowest BCUT2D eigenvalue weighted by Crippen LogP contribution is -2.29. The van der Waals surface area contributed by atoms with Gasteiger partial charge < -0.3 is 14.6 Å². The van der Waals surface area contributed by atoms with E-state index in [0.717, 1.165) is 5.56 Å². The summed E-state index contributed by atoms with van der Waals surface area (Å²) in [5.74, 6) is -2.57. The van der Waals surface area contributed by atoms with Gasteiger partial charge >= 0.3 is 11.9 Å². The van der Waals surface area contributed by atoms with Crippen LogP contribution in [-0.2, 0) is 25.7 Å². The second-order valence-corrected chi connectivity index (χ2v) is 5.27. The summed E-state index contributed by atoms with van der Waals surface area (Å²) < 4.78 is 10.2. The first-order valence-electron chi connectivity index (χ1n) is 7.43. The fraction of sp³-hybridized carbons (Fsp3) is 0.222. The summed E-state index contributed by atoms with van der Waals surface area (Å²) >= 11 is 0. The van der Waals surface area contributed by atoms with Crippen molar-refractivity contribution >= 4 is 11.9 Å². The average molecular weight is 329 g/mol. The van der Waals surface area contributed by atoms with Crippen molar-refractivity contribution in [2.24, 2.45) is 11.7 Å². The molecule has 0 aliphatic carbocycles. The Bertz CT molecular complexity index is 702. The molecule has 3 N–H and O–H groups in total. The fourth-order valence-electron chi connectivity index (χ4n) is 1.95. The maximum Gasteiger partial charge on any atom is 0.321 e. The molecule has 126 valence electrons. The van der Waals surface area contributed by atoms with Crippen molar-refractivity contribution in [3.8, 4) is 5.75 Å². The zero-order chi connectivity index (χ0) is 17.5. The molecule has 2 unspecified atom stereocenters. The van der Waals surface area contributed by atoms with Gasteiger partial charge in [0.15, 0.2) is 12.1 Å². The van der Waals surface area contributed by atoms with Crippen LogP contribution in [0.15, 0.2) is 54.6 Å². The van der Waals surface area contributed by atoms with E-state index in [2.05, 4.69) is 0 Å². The standard InChI is InChI=1S/C18H19NO5/c1-12(17(21)23-11-13-6-3-2-4-7-13)18(22)24-16(19)14-8-5-9-15(20)10-14/h2-10,12,16,20H,11,19H2,1H3. The lowest BCUT2D eigenvalue weighted by Gasteiger charge is -2.16. The number of phenols is 1. The Kier molecular flexibility index (Phi) is 5.92. The van der Waals surface area contributed by atoms with Crippen molar-refractivity contribution in [2.75, 3.05) is 0 Å². The topological polar surface area (TPSA) is 98.9 Å². The Labute approximate surface area is 139 Å². The maximum absolute atomic E-state index is 12.0. The van der Waals surface area contributed by atoms with E-state index in [4.69, 9.17) is 15.2 Å². The molecule has 0 radical (unpaired) electrons. The molecule has 0 spiro atoms. The molecule has 0 aliphatic rings. The number of ether oxygens (including phenoxy) is 2. The van der Waals surface area contributed by atoms with Gasteiger partial charge in [-0.15, -0.1) is 0 Å². The van der Waals surface area contributed by atoms with Crippen LogP contribution in [0, 0.1) is 5.92 Å². The van der Waals surface area contributed by atoms with Gasteiger partial charge in [-0.1, -0.05) is 42.5 Å². The number of esters is 2. The summed E-state index contributed by atoms with van der Waals surface area (Å²) in [6.45, 7) is 1.47. The first kappa shape index (κ1) is 17.5. The number of aromatic hydroxyl groups is 1. The van der Waals surface area contributed by atoms with Crippen LogP contribution in [-0.4, -0.2) is 17.0 Å². The Morgan fingerprint density at radius 2 is 1.79 bits per heavy atom. The van der Waals surface area contributed by atoms with E-state index in [1.165, 1.54) is 19.1 Å². The van der Waals surface area contributed by atoms with Gasteiger partial charge in [-0.25, -0.2) is 0 Å². The van der Waals surface area contributed by atoms with Crippen LogP contribution in [0.3, 0.4) is 0 Å². The van der Waals surface area contributed by atoms with Crippen LogP contribution in [0.1, 0.15) is 24.3 Å². The normalized spacial score (nSPS) is 12.9. The van der Waals surface area contributed by atoms with Gasteiger partial charge in [-0.3, -0.25) is 15.3 Å². The van der Waals surface area contributed by atoms with E-state index >= 15 is 0 Å². The number of benzene rings is 2. The minimum atomic E-state index is -1.10. The molecule has 2 aromatic carbocycles. The average Bonchev–Trinajstić information content (AvgIpc) is 2.59. The minimum Gasteiger partial charge on any atom is -0.508 e. The van der Waals surface area contributed by atoms with Crippen LogP contribution < -0.4 is 5.73 Å². The monoisotopic (exact) mass is 329 g/mol. The highest BCUT2D eigenvalue weighted by Crippen LogP contribution is 2.19. The largest absolute Gasteiger partial charge is 0.508 e. The van der Waals surface area contributed by atoms with Crippen molar-refractivity contribution in [2.45, 2.75) is 19.8 Å². The number of carbonyl (C=O) groups excluding carboxylic acids is 2. The molecule has 0 fully saturated rings. The number of rotatable bonds is 6. The minimum absolute atomic E-state index is 0.00863. The summed E-state index contributed by atoms with van der Waals surface area (Å²) in [5, 5.41) is 9.40. The van der Waals surface area contributed by atoms with Gasteiger partial charge in [-0.2, -0.15) is 0 Å². The van der Waals surface area contributed by atoms with Gasteiger partial charge in [0.2, 0.25) is 0 Å². The van der Waals surface area contributed by atoms with Crippen molar-refractivity contribution < 1.29 is 24.2 Å². The Hall–Kier alpha value is -2.86. The lowest BCUT2D eigenvalue weighted by atomic mass is 10.1. The van der Waals surface area contributed by atoms with E-state index < -0.39 is 24.1 Å². The molecule has 0 amide bonds. The molecule has 0 saturated heterocycles. The molecule has 0 aliphatic heterocycles. The third-order valence-corrected chi connectivity index (χ3v) is 3.37. The second-order valence-electron chi connectivity index (χ2n) is 5.27. The van der Waals surface area contributed by atoms with E-state index in [0.29, 0.717) is 5.56 Å². The molecular weight excluding hydrogens is 310 g/mol. The second kappa shape index (κ2) is 8.12. The van der Waals surface area contributed by atoms with Crippen LogP contribution in [0.4, 0.5) is 0 Å². The van der Waals surface area contributed by atoms with Crippen molar-refractivity contribution in [3.05, 3.63) is 65.7 Å². The van der Waals surface area contributed by atoms with Gasteiger partial charge in [-0.05, 0) is 24.6 Å². The highest BCUT2D eigenvalue weighted by Gasteiger charge is 2.26. The Balaban J connectivity index is 1.87. The molecule has 0 heterocycles. The molecule has 6 heteroatoms. The fourth-order valence-corrected chi connectivity index (χ4v) is 1.95. The highest BCUT2D eigenvalue weighted by molar-refractivity contribution is 5.94. The number of hydrogen-bond donors (Lipinski definition) is 2. The molecule has 24 heavy (non-hydrogen) atoms. The molecule has 2 rings (SSSR count). The molecular formula is C18H19NO5. The first-order valence-corrected chi connectivity index (χ1v) is 7.43. The predicted octanol–water partition coefficient (Wildman–Crippen LogP) is 2.27. The van der Waals surface area contributed by atoms with Crippen LogP contribution in [0.5, 0.6) is 5.75 Å². The third-order valence-electron chi connectivity index (χ3n) is 3.37. The quantitative estimate of drug-likeness (QED) is 0.479. The molecule has 2 atom stereocenters. The number of nitrogens with two attached hydrogens (primary N) is 1. The van der Waals surface area contributed by atoms with Crippen LogP contribution in [0.25, 0.3) is 0 Å². The Morgan fingerprint density at radius 1 is 1.08 bits per heavy atom. The van der Waals surface area contributed by atoms with E-state index in [1.807, 2.05) is 30.3 Å². The number of phenolic OH excluding ortho intramolecular Hbond substituents is 1. The van der Waals surface area contributed by atoms with Crippen LogP contribution in [0.2, 0.25) is 0 Å². The molecule has 0 aromatic heterocycles. The zero-order valence-corrected chi connectivity index (χ0v) is 13.2. The van der Waals surface area contributed by atoms with Crippen molar-refractivity contribution in [3.63, 3.8) is 0 Å². The van der Waals surface area contributed by atoms with E-state index in [-0.39, 0.29) is 12.4 Å². The first-order chi connectivity index (χ1) is 11.5. The SMILES string of the molecule is CC(C(=O)OCc1ccccc1)C(=O)OC(N)c1cccc(O)c1. The molecule has 0 bridgehead atoms. The van der Waals surface area contributed by atoms with E-state index in [9.17, 15) is 14.7 Å². The van der Waals surface area contributed by atoms with Crippen molar-refractivity contribution in [1.29, 1.82) is 0 Å². The van der Waals surface area contributed by atoms with Gasteiger partial charge in [0.1, 0.15) is 12.4 Å². The third kappa shape index (κ3) is 4.82. The Morgan fingerprint density at radius 3 is 2.46 bits per heavy atom. The predicted molar refractivity (Wildman–Crippen MR) is 86.5 cm³/mol. The van der Waals surface area contributed by atoms with Crippen LogP contribution >= 0.6 is 0 Å². The lowest BCUT2D eigenvalue weighted by molar-refractivity contribution is -0.165. The summed E-state index contributed by atoms with van der Waals surface area (Å²) in [6, 6.07) is 15.2. The highest BCUT2D eigenvalue weighted by atomic mass is 16.6. The van der Waals surface area contributed by atoms with Gasteiger partial charge in [0.25, 0.3) is 0 Å². The van der Waals surface area contributed by atoms with Crippen molar-refractivity contribution in [1.82, 2.24) is 0 Å². The van der Waals surface area contributed by atoms with Gasteiger partial charge in [0.05, 0.1) is 0 Å². The molecule has 6 nitrogen and oxygen atoms in total. The smallest absolute Gasteiger partial charge is 0.321 e. The number of carbonyl (C=O) groups is 2. The number of hydrogen-bond acceptors (Lipinski definition) is 6. The summed E-state index contributed by atoms with van der Waals surface area (Å²) in [6.07, 6.45) is -1.08. The van der Waals surface area contributed by atoms with Gasteiger partial charge in [0, 0.05) is 5.56 Å². The molecule has 0 saturated carbocycles. The van der Waals surface area contributed by atoms with E-state index in [1.54, 1.807) is 12.1 Å².